The van der Waals surface area contributed by atoms with Crippen LogP contribution in [0.5, 0.6) is 0 Å². The summed E-state index contributed by atoms with van der Waals surface area (Å²) in [5.41, 5.74) is 3.86. The maximum absolute atomic E-state index is 12.9. The number of anilines is 1. The molecule has 6 heteroatoms. The van der Waals surface area contributed by atoms with Gasteiger partial charge in [-0.25, -0.2) is 0 Å². The van der Waals surface area contributed by atoms with E-state index in [0.717, 1.165) is 22.2 Å². The van der Waals surface area contributed by atoms with Crippen molar-refractivity contribution in [3.05, 3.63) is 71.9 Å². The number of rotatable bonds is 5. The monoisotopic (exact) mass is 416 g/mol. The lowest BCUT2D eigenvalue weighted by atomic mass is 10.1. The van der Waals surface area contributed by atoms with Gasteiger partial charge in [-0.3, -0.25) is 19.5 Å². The summed E-state index contributed by atoms with van der Waals surface area (Å²) >= 11 is 0. The number of aromatic nitrogens is 1. The molecule has 4 rings (SSSR count). The zero-order chi connectivity index (χ0) is 21.8. The second-order valence-electron chi connectivity index (χ2n) is 8.12. The van der Waals surface area contributed by atoms with Gasteiger partial charge < -0.3 is 10.2 Å². The third-order valence-electron chi connectivity index (χ3n) is 5.97. The minimum atomic E-state index is -0.277. The molecule has 1 aliphatic rings. The predicted octanol–water partition coefficient (Wildman–Crippen LogP) is 3.26. The highest BCUT2D eigenvalue weighted by molar-refractivity contribution is 6.02. The molecule has 2 heterocycles. The molecule has 0 radical (unpaired) electrons. The largest absolute Gasteiger partial charge is 0.340 e. The van der Waals surface area contributed by atoms with Crippen LogP contribution in [0.3, 0.4) is 0 Å². The molecular weight excluding hydrogens is 388 g/mol. The van der Waals surface area contributed by atoms with Crippen LogP contribution in [0.2, 0.25) is 0 Å². The van der Waals surface area contributed by atoms with Gasteiger partial charge in [-0.1, -0.05) is 35.9 Å². The van der Waals surface area contributed by atoms with Crippen LogP contribution < -0.4 is 5.32 Å². The fourth-order valence-electron chi connectivity index (χ4n) is 3.97. The molecule has 1 unspecified atom stereocenters. The highest BCUT2D eigenvalue weighted by Crippen LogP contribution is 2.22. The van der Waals surface area contributed by atoms with Crippen molar-refractivity contribution < 1.29 is 9.59 Å². The number of hydrogen-bond donors (Lipinski definition) is 1. The molecule has 2 amide bonds. The summed E-state index contributed by atoms with van der Waals surface area (Å²) in [5, 5.41) is 3.98. The maximum Gasteiger partial charge on any atom is 0.241 e. The van der Waals surface area contributed by atoms with Crippen molar-refractivity contribution in [1.82, 2.24) is 14.8 Å². The van der Waals surface area contributed by atoms with Gasteiger partial charge in [0.15, 0.2) is 0 Å². The summed E-state index contributed by atoms with van der Waals surface area (Å²) in [6.07, 6.45) is 2.17. The Balaban J connectivity index is 1.32. The molecule has 2 aromatic carbocycles. The molecule has 6 nitrogen and oxygen atoms in total. The second kappa shape index (κ2) is 9.27. The second-order valence-corrected chi connectivity index (χ2v) is 8.12. The van der Waals surface area contributed by atoms with Crippen LogP contribution in [0, 0.1) is 6.92 Å². The van der Waals surface area contributed by atoms with Crippen molar-refractivity contribution in [1.29, 1.82) is 0 Å². The first kappa shape index (κ1) is 21.0. The zero-order valence-corrected chi connectivity index (χ0v) is 18.0. The van der Waals surface area contributed by atoms with E-state index in [0.29, 0.717) is 32.6 Å². The quantitative estimate of drug-likeness (QED) is 0.693. The molecule has 1 atom stereocenters. The first-order valence-electron chi connectivity index (χ1n) is 10.7. The Morgan fingerprint density at radius 1 is 1.00 bits per heavy atom. The minimum absolute atomic E-state index is 0.0456. The number of amides is 2. The van der Waals surface area contributed by atoms with Crippen molar-refractivity contribution in [2.24, 2.45) is 0 Å². The van der Waals surface area contributed by atoms with Crippen molar-refractivity contribution in [3.8, 4) is 0 Å². The number of aryl methyl sites for hydroxylation is 1. The topological polar surface area (TPSA) is 65.5 Å². The van der Waals surface area contributed by atoms with E-state index < -0.39 is 0 Å². The summed E-state index contributed by atoms with van der Waals surface area (Å²) in [6.45, 7) is 6.61. The number of hydrogen-bond acceptors (Lipinski definition) is 4. The number of pyridine rings is 1. The summed E-state index contributed by atoms with van der Waals surface area (Å²) in [7, 11) is 0. The summed E-state index contributed by atoms with van der Waals surface area (Å²) < 4.78 is 0. The fraction of sp³-hybridized carbons (Fsp3) is 0.320. The number of benzene rings is 2. The van der Waals surface area contributed by atoms with Gasteiger partial charge in [0.05, 0.1) is 23.7 Å². The number of nitrogens with zero attached hydrogens (tertiary/aromatic N) is 3. The van der Waals surface area contributed by atoms with Gasteiger partial charge >= 0.3 is 0 Å². The van der Waals surface area contributed by atoms with Gasteiger partial charge in [-0.05, 0) is 43.7 Å². The molecule has 1 fully saturated rings. The molecule has 1 N–H and O–H groups in total. The Labute approximate surface area is 182 Å². The van der Waals surface area contributed by atoms with E-state index in [1.807, 2.05) is 73.3 Å². The van der Waals surface area contributed by atoms with E-state index in [9.17, 15) is 9.59 Å². The third kappa shape index (κ3) is 4.91. The average Bonchev–Trinajstić information content (AvgIpc) is 2.80. The minimum Gasteiger partial charge on any atom is -0.340 e. The lowest BCUT2D eigenvalue weighted by Crippen LogP contribution is -2.54. The van der Waals surface area contributed by atoms with Crippen LogP contribution in [-0.4, -0.2) is 58.8 Å². The summed E-state index contributed by atoms with van der Waals surface area (Å²) in [6, 6.07) is 17.4. The fourth-order valence-corrected chi connectivity index (χ4v) is 3.97. The van der Waals surface area contributed by atoms with Gasteiger partial charge in [0, 0.05) is 37.8 Å². The molecule has 160 valence electrons. The molecule has 31 heavy (non-hydrogen) atoms. The van der Waals surface area contributed by atoms with Crippen LogP contribution in [0.25, 0.3) is 10.9 Å². The predicted molar refractivity (Wildman–Crippen MR) is 123 cm³/mol. The van der Waals surface area contributed by atoms with E-state index in [1.165, 1.54) is 5.56 Å². The molecule has 1 saturated heterocycles. The molecule has 0 spiro atoms. The van der Waals surface area contributed by atoms with Crippen LogP contribution in [0.4, 0.5) is 5.69 Å². The van der Waals surface area contributed by atoms with Crippen molar-refractivity contribution in [2.75, 3.05) is 31.5 Å². The van der Waals surface area contributed by atoms with Crippen LogP contribution >= 0.6 is 0 Å². The number of nitrogens with one attached hydrogen (secondary N) is 1. The standard InChI is InChI=1S/C25H28N4O2/c1-18-8-10-20(11-9-18)17-24(30)29-15-13-28(14-16-29)19(2)25(31)27-23-7-3-6-22-21(23)5-4-12-26-22/h3-12,19H,13-17H2,1-2H3,(H,27,31). The summed E-state index contributed by atoms with van der Waals surface area (Å²) in [5.74, 6) is 0.0969. The highest BCUT2D eigenvalue weighted by Gasteiger charge is 2.27. The molecular formula is C25H28N4O2. The van der Waals surface area contributed by atoms with Crippen molar-refractivity contribution in [2.45, 2.75) is 26.3 Å². The molecule has 1 aliphatic heterocycles. The Bertz CT molecular complexity index is 1070. The van der Waals surface area contributed by atoms with Gasteiger partial charge in [0.2, 0.25) is 11.8 Å². The average molecular weight is 417 g/mol. The van der Waals surface area contributed by atoms with E-state index in [4.69, 9.17) is 0 Å². The van der Waals surface area contributed by atoms with Crippen LogP contribution in [0.1, 0.15) is 18.1 Å². The normalized spacial score (nSPS) is 15.6. The van der Waals surface area contributed by atoms with Crippen molar-refractivity contribution in [3.63, 3.8) is 0 Å². The highest BCUT2D eigenvalue weighted by atomic mass is 16.2. The Hall–Kier alpha value is -3.25. The molecule has 0 bridgehead atoms. The van der Waals surface area contributed by atoms with E-state index >= 15 is 0 Å². The van der Waals surface area contributed by atoms with Gasteiger partial charge in [-0.2, -0.15) is 0 Å². The van der Waals surface area contributed by atoms with E-state index in [-0.39, 0.29) is 17.9 Å². The molecule has 3 aromatic rings. The van der Waals surface area contributed by atoms with E-state index in [1.54, 1.807) is 6.20 Å². The molecule has 0 saturated carbocycles. The first-order chi connectivity index (χ1) is 15.0. The van der Waals surface area contributed by atoms with Crippen LogP contribution in [-0.2, 0) is 16.0 Å². The molecule has 1 aromatic heterocycles. The number of fused-ring (bicyclic) bond motifs is 1. The van der Waals surface area contributed by atoms with E-state index in [2.05, 4.69) is 15.2 Å². The number of carbonyl (C=O) groups is 2. The van der Waals surface area contributed by atoms with Gasteiger partial charge in [0.25, 0.3) is 0 Å². The Morgan fingerprint density at radius 2 is 1.74 bits per heavy atom. The maximum atomic E-state index is 12.9. The SMILES string of the molecule is Cc1ccc(CC(=O)N2CCN(C(C)C(=O)Nc3cccc4ncccc34)CC2)cc1. The van der Waals surface area contributed by atoms with Crippen LogP contribution in [0.15, 0.2) is 60.8 Å². The smallest absolute Gasteiger partial charge is 0.241 e. The molecule has 0 aliphatic carbocycles. The lowest BCUT2D eigenvalue weighted by molar-refractivity contribution is -0.133. The zero-order valence-electron chi connectivity index (χ0n) is 18.0. The summed E-state index contributed by atoms with van der Waals surface area (Å²) in [4.78, 5) is 33.9. The number of carbonyl (C=O) groups excluding carboxylic acids is 2. The van der Waals surface area contributed by atoms with Gasteiger partial charge in [-0.15, -0.1) is 0 Å². The van der Waals surface area contributed by atoms with Gasteiger partial charge in [0.1, 0.15) is 0 Å². The number of piperazine rings is 1. The third-order valence-corrected chi connectivity index (χ3v) is 5.97. The lowest BCUT2D eigenvalue weighted by Gasteiger charge is -2.37. The van der Waals surface area contributed by atoms with Crippen molar-refractivity contribution >= 4 is 28.4 Å². The Kier molecular flexibility index (Phi) is 6.28. The Morgan fingerprint density at radius 3 is 2.48 bits per heavy atom. The first-order valence-corrected chi connectivity index (χ1v) is 10.7.